The lowest BCUT2D eigenvalue weighted by Crippen LogP contribution is -2.33. The second-order valence-electron chi connectivity index (χ2n) is 3.88. The van der Waals surface area contributed by atoms with Crippen LogP contribution >= 0.6 is 11.8 Å². The molecule has 0 aromatic heterocycles. The zero-order valence-corrected chi connectivity index (χ0v) is 11.5. The maximum absolute atomic E-state index is 11.5. The van der Waals surface area contributed by atoms with Gasteiger partial charge in [0.05, 0.1) is 12.9 Å². The quantitative estimate of drug-likeness (QED) is 0.422. The van der Waals surface area contributed by atoms with Crippen molar-refractivity contribution in [3.63, 3.8) is 0 Å². The molecule has 0 fully saturated rings. The van der Waals surface area contributed by atoms with Gasteiger partial charge in [0.25, 0.3) is 0 Å². The molecule has 17 heavy (non-hydrogen) atoms. The molecule has 0 bridgehead atoms. The van der Waals surface area contributed by atoms with Crippen molar-refractivity contribution < 1.29 is 9.53 Å². The molecule has 96 valence electrons. The molecule has 0 aliphatic carbocycles. The molecule has 0 radical (unpaired) electrons. The minimum Gasteiger partial charge on any atom is -0.465 e. The third-order valence-electron chi connectivity index (χ3n) is 2.11. The normalized spacial score (nSPS) is 19.6. The molecule has 0 spiro atoms. The van der Waals surface area contributed by atoms with Crippen LogP contribution in [0.15, 0.2) is 16.1 Å². The highest BCUT2D eigenvalue weighted by Gasteiger charge is 2.25. The Morgan fingerprint density at radius 2 is 2.41 bits per heavy atom. The van der Waals surface area contributed by atoms with Crippen molar-refractivity contribution in [3.8, 4) is 0 Å². The summed E-state index contributed by atoms with van der Waals surface area (Å²) in [5.74, 6) is -0.215. The molecule has 1 rings (SSSR count). The van der Waals surface area contributed by atoms with Crippen LogP contribution in [0.5, 0.6) is 0 Å². The molecule has 0 saturated carbocycles. The number of esters is 1. The van der Waals surface area contributed by atoms with E-state index in [1.54, 1.807) is 25.0 Å². The van der Waals surface area contributed by atoms with Crippen molar-refractivity contribution in [2.24, 2.45) is 4.99 Å². The number of hydrogen-bond acceptors (Lipinski definition) is 5. The lowest BCUT2D eigenvalue weighted by Gasteiger charge is -2.23. The maximum atomic E-state index is 11.5. The zero-order chi connectivity index (χ0) is 12.8. The number of rotatable bonds is 5. The van der Waals surface area contributed by atoms with E-state index in [1.165, 1.54) is 0 Å². The van der Waals surface area contributed by atoms with E-state index in [0.29, 0.717) is 6.61 Å². The van der Waals surface area contributed by atoms with Crippen LogP contribution in [-0.2, 0) is 9.53 Å². The lowest BCUT2D eigenvalue weighted by atomic mass is 10.4. The van der Waals surface area contributed by atoms with Crippen LogP contribution in [0.2, 0.25) is 0 Å². The van der Waals surface area contributed by atoms with Crippen molar-refractivity contribution in [3.05, 3.63) is 11.1 Å². The molecule has 5 nitrogen and oxygen atoms in total. The summed E-state index contributed by atoms with van der Waals surface area (Å²) in [7, 11) is 3.83. The standard InChI is InChI=1S/C11H19N3O2S/c1-5-16-10(15)6-14-9(2)7-17-11(14)12-8-13(3)4/h7-8,11H,5-6H2,1-4H3. The van der Waals surface area contributed by atoms with E-state index < -0.39 is 0 Å². The molecular formula is C11H19N3O2S. The van der Waals surface area contributed by atoms with Crippen LogP contribution in [0.25, 0.3) is 0 Å². The Balaban J connectivity index is 2.59. The van der Waals surface area contributed by atoms with E-state index in [0.717, 1.165) is 5.70 Å². The van der Waals surface area contributed by atoms with E-state index in [9.17, 15) is 4.79 Å². The van der Waals surface area contributed by atoms with Crippen LogP contribution in [0.4, 0.5) is 0 Å². The van der Waals surface area contributed by atoms with Gasteiger partial charge in [0.2, 0.25) is 0 Å². The molecule has 1 heterocycles. The van der Waals surface area contributed by atoms with Crippen LogP contribution in [-0.4, -0.2) is 54.9 Å². The average molecular weight is 257 g/mol. The molecule has 0 N–H and O–H groups in total. The van der Waals surface area contributed by atoms with Gasteiger partial charge in [-0.15, -0.1) is 0 Å². The predicted molar refractivity (Wildman–Crippen MR) is 70.7 cm³/mol. The number of allylic oxidation sites excluding steroid dienone is 1. The third kappa shape index (κ3) is 4.30. The summed E-state index contributed by atoms with van der Waals surface area (Å²) in [6.07, 6.45) is 1.75. The van der Waals surface area contributed by atoms with E-state index in [4.69, 9.17) is 4.74 Å². The van der Waals surface area contributed by atoms with Gasteiger partial charge in [-0.3, -0.25) is 4.79 Å². The summed E-state index contributed by atoms with van der Waals surface area (Å²) in [6, 6.07) is 0. The summed E-state index contributed by atoms with van der Waals surface area (Å²) in [4.78, 5) is 19.7. The van der Waals surface area contributed by atoms with Gasteiger partial charge in [0, 0.05) is 19.8 Å². The minimum atomic E-state index is -0.215. The van der Waals surface area contributed by atoms with E-state index in [-0.39, 0.29) is 18.0 Å². The summed E-state index contributed by atoms with van der Waals surface area (Å²) in [5.41, 5.74) is 0.978. The SMILES string of the molecule is CCOC(=O)CN1C(C)=CSC1N=CN(C)C. The number of ether oxygens (including phenoxy) is 1. The lowest BCUT2D eigenvalue weighted by molar-refractivity contribution is -0.144. The first-order valence-electron chi connectivity index (χ1n) is 5.48. The van der Waals surface area contributed by atoms with Crippen molar-refractivity contribution in [1.29, 1.82) is 0 Å². The van der Waals surface area contributed by atoms with E-state index in [1.807, 2.05) is 36.2 Å². The Labute approximate surface area is 107 Å². The molecule has 0 aromatic carbocycles. The first-order valence-corrected chi connectivity index (χ1v) is 6.43. The molecule has 0 amide bonds. The van der Waals surface area contributed by atoms with Crippen LogP contribution in [0, 0.1) is 0 Å². The van der Waals surface area contributed by atoms with Gasteiger partial charge in [0.15, 0.2) is 5.50 Å². The van der Waals surface area contributed by atoms with E-state index in [2.05, 4.69) is 4.99 Å². The summed E-state index contributed by atoms with van der Waals surface area (Å²) in [6.45, 7) is 4.44. The third-order valence-corrected chi connectivity index (χ3v) is 3.21. The monoisotopic (exact) mass is 257 g/mol. The topological polar surface area (TPSA) is 45.1 Å². The Hall–Kier alpha value is -1.17. The largest absolute Gasteiger partial charge is 0.465 e. The molecule has 1 atom stereocenters. The fourth-order valence-corrected chi connectivity index (χ4v) is 2.30. The second kappa shape index (κ2) is 6.54. The minimum absolute atomic E-state index is 0.0678. The second-order valence-corrected chi connectivity index (χ2v) is 4.81. The van der Waals surface area contributed by atoms with Gasteiger partial charge in [0.1, 0.15) is 6.54 Å². The van der Waals surface area contributed by atoms with Crippen molar-refractivity contribution in [1.82, 2.24) is 9.80 Å². The zero-order valence-electron chi connectivity index (χ0n) is 10.7. The number of aliphatic imine (C=N–C) groups is 1. The number of hydrogen-bond donors (Lipinski definition) is 0. The average Bonchev–Trinajstić information content (AvgIpc) is 2.58. The van der Waals surface area contributed by atoms with Gasteiger partial charge < -0.3 is 14.5 Å². The molecular weight excluding hydrogens is 238 g/mol. The molecule has 0 aromatic rings. The van der Waals surface area contributed by atoms with Gasteiger partial charge in [-0.2, -0.15) is 0 Å². The number of nitrogens with zero attached hydrogens (tertiary/aromatic N) is 3. The van der Waals surface area contributed by atoms with Crippen LogP contribution in [0.1, 0.15) is 13.8 Å². The highest BCUT2D eigenvalue weighted by atomic mass is 32.2. The van der Waals surface area contributed by atoms with Crippen LogP contribution in [0.3, 0.4) is 0 Å². The molecule has 6 heteroatoms. The van der Waals surface area contributed by atoms with Gasteiger partial charge >= 0.3 is 5.97 Å². The van der Waals surface area contributed by atoms with E-state index >= 15 is 0 Å². The molecule has 1 aliphatic heterocycles. The molecule has 0 saturated heterocycles. The number of thioether (sulfide) groups is 1. The highest BCUT2D eigenvalue weighted by Crippen LogP contribution is 2.30. The predicted octanol–water partition coefficient (Wildman–Crippen LogP) is 1.33. The van der Waals surface area contributed by atoms with Gasteiger partial charge in [-0.1, -0.05) is 11.8 Å². The molecule has 1 aliphatic rings. The number of carbonyl (C=O) groups excluding carboxylic acids is 1. The first kappa shape index (κ1) is 13.9. The summed E-state index contributed by atoms with van der Waals surface area (Å²) in [5, 5.41) is 2.01. The van der Waals surface area contributed by atoms with Crippen LogP contribution < -0.4 is 0 Å². The Morgan fingerprint density at radius 3 is 3.00 bits per heavy atom. The summed E-state index contributed by atoms with van der Waals surface area (Å²) < 4.78 is 4.95. The first-order chi connectivity index (χ1) is 8.04. The van der Waals surface area contributed by atoms with Crippen molar-refractivity contribution in [2.75, 3.05) is 27.2 Å². The molecule has 1 unspecified atom stereocenters. The fourth-order valence-electron chi connectivity index (χ4n) is 1.33. The van der Waals surface area contributed by atoms with Gasteiger partial charge in [-0.25, -0.2) is 4.99 Å². The summed E-state index contributed by atoms with van der Waals surface area (Å²) >= 11 is 1.59. The Bertz CT molecular complexity index is 329. The number of carbonyl (C=O) groups is 1. The Kier molecular flexibility index (Phi) is 5.34. The fraction of sp³-hybridized carbons (Fsp3) is 0.636. The highest BCUT2D eigenvalue weighted by molar-refractivity contribution is 8.02. The smallest absolute Gasteiger partial charge is 0.325 e. The van der Waals surface area contributed by atoms with Crippen molar-refractivity contribution >= 4 is 24.1 Å². The van der Waals surface area contributed by atoms with Crippen molar-refractivity contribution in [2.45, 2.75) is 19.3 Å². The van der Waals surface area contributed by atoms with Gasteiger partial charge in [-0.05, 0) is 19.3 Å². The Morgan fingerprint density at radius 1 is 1.71 bits per heavy atom. The maximum Gasteiger partial charge on any atom is 0.325 e.